The minimum absolute atomic E-state index is 0.0800. The summed E-state index contributed by atoms with van der Waals surface area (Å²) in [6.07, 6.45) is 2.06. The van der Waals surface area contributed by atoms with E-state index in [0.29, 0.717) is 49.3 Å². The van der Waals surface area contributed by atoms with E-state index < -0.39 is 15.3 Å². The van der Waals surface area contributed by atoms with Crippen LogP contribution in [0.3, 0.4) is 0 Å². The summed E-state index contributed by atoms with van der Waals surface area (Å²) in [6, 6.07) is 4.91. The number of carbonyl (C=O) groups excluding carboxylic acids is 1. The zero-order valence-corrected chi connectivity index (χ0v) is 20.3. The van der Waals surface area contributed by atoms with Crippen molar-refractivity contribution in [3.05, 3.63) is 23.8 Å². The van der Waals surface area contributed by atoms with E-state index in [9.17, 15) is 13.2 Å². The summed E-state index contributed by atoms with van der Waals surface area (Å²) in [5.41, 5.74) is 1.04. The van der Waals surface area contributed by atoms with E-state index in [1.54, 1.807) is 30.7 Å². The Hall–Kier alpha value is -2.06. The Kier molecular flexibility index (Phi) is 7.64. The van der Waals surface area contributed by atoms with Crippen molar-refractivity contribution in [3.63, 3.8) is 0 Å². The first kappa shape index (κ1) is 24.1. The van der Waals surface area contributed by atoms with Crippen LogP contribution in [0.2, 0.25) is 0 Å². The number of morpholine rings is 1. The molecule has 33 heavy (non-hydrogen) atoms. The normalized spacial score (nSPS) is 20.6. The van der Waals surface area contributed by atoms with Gasteiger partial charge in [0.2, 0.25) is 21.1 Å². The lowest BCUT2D eigenvalue weighted by atomic mass is 10.2. The molecular formula is C20H28N6O5S2. The molecule has 180 valence electrons. The van der Waals surface area contributed by atoms with Gasteiger partial charge in [-0.3, -0.25) is 4.79 Å². The van der Waals surface area contributed by atoms with Crippen molar-refractivity contribution >= 4 is 33.4 Å². The minimum Gasteiger partial charge on any atom is -0.379 e. The van der Waals surface area contributed by atoms with E-state index in [1.807, 2.05) is 0 Å². The van der Waals surface area contributed by atoms with Gasteiger partial charge in [0.05, 0.1) is 36.0 Å². The number of aryl methyl sites for hydroxylation is 1. The summed E-state index contributed by atoms with van der Waals surface area (Å²) < 4.78 is 40.2. The molecule has 0 spiro atoms. The number of carbonyl (C=O) groups is 1. The molecule has 2 saturated heterocycles. The van der Waals surface area contributed by atoms with Crippen LogP contribution in [0.25, 0.3) is 0 Å². The lowest BCUT2D eigenvalue weighted by Gasteiger charge is -2.27. The number of anilines is 1. The van der Waals surface area contributed by atoms with Crippen molar-refractivity contribution in [2.24, 2.45) is 0 Å². The van der Waals surface area contributed by atoms with Crippen LogP contribution < -0.4 is 5.32 Å². The molecule has 0 saturated carbocycles. The lowest BCUT2D eigenvalue weighted by molar-refractivity contribution is -0.115. The smallest absolute Gasteiger partial charge is 0.243 e. The molecule has 2 aromatic rings. The standard InChI is InChI=1S/C20H28N6O5S2/c1-14-5-6-16(12-18(14)33(28,29)25-7-10-30-11-8-25)21-19(27)15(2)32-20-22-23-24-26(20)13-17-4-3-9-31-17/h5-6,12,15,17H,3-4,7-11,13H2,1-2H3,(H,21,27)/t15-,17-/m0/s1. The van der Waals surface area contributed by atoms with Crippen molar-refractivity contribution in [1.82, 2.24) is 24.5 Å². The number of hydrogen-bond acceptors (Lipinski definition) is 9. The quantitative estimate of drug-likeness (QED) is 0.538. The Morgan fingerprint density at radius 1 is 1.30 bits per heavy atom. The summed E-state index contributed by atoms with van der Waals surface area (Å²) in [5.74, 6) is -0.273. The molecule has 0 bridgehead atoms. The first-order valence-electron chi connectivity index (χ1n) is 10.9. The molecule has 1 aromatic heterocycles. The molecule has 1 aromatic carbocycles. The highest BCUT2D eigenvalue weighted by atomic mass is 32.2. The number of rotatable bonds is 8. The van der Waals surface area contributed by atoms with Crippen molar-refractivity contribution in [3.8, 4) is 0 Å². The van der Waals surface area contributed by atoms with Crippen molar-refractivity contribution in [1.29, 1.82) is 0 Å². The fourth-order valence-corrected chi connectivity index (χ4v) is 6.17. The predicted octanol–water partition coefficient (Wildman–Crippen LogP) is 1.30. The Morgan fingerprint density at radius 2 is 2.09 bits per heavy atom. The summed E-state index contributed by atoms with van der Waals surface area (Å²) in [6.45, 7) is 6.15. The molecule has 2 aliphatic rings. The van der Waals surface area contributed by atoms with Gasteiger partial charge >= 0.3 is 0 Å². The van der Waals surface area contributed by atoms with Gasteiger partial charge in [0.1, 0.15) is 0 Å². The molecule has 0 radical (unpaired) electrons. The van der Waals surface area contributed by atoms with E-state index >= 15 is 0 Å². The highest BCUT2D eigenvalue weighted by Gasteiger charge is 2.28. The number of benzene rings is 1. The summed E-state index contributed by atoms with van der Waals surface area (Å²) in [7, 11) is -3.67. The van der Waals surface area contributed by atoms with Gasteiger partial charge in [-0.1, -0.05) is 17.8 Å². The van der Waals surface area contributed by atoms with Crippen LogP contribution in [0.15, 0.2) is 28.3 Å². The molecule has 2 aliphatic heterocycles. The van der Waals surface area contributed by atoms with Gasteiger partial charge in [-0.05, 0) is 54.8 Å². The van der Waals surface area contributed by atoms with E-state index in [-0.39, 0.29) is 16.9 Å². The largest absolute Gasteiger partial charge is 0.379 e. The maximum absolute atomic E-state index is 13.1. The van der Waals surface area contributed by atoms with E-state index in [1.165, 1.54) is 22.1 Å². The molecule has 2 fully saturated rings. The number of sulfonamides is 1. The minimum atomic E-state index is -3.67. The monoisotopic (exact) mass is 496 g/mol. The predicted molar refractivity (Wildman–Crippen MR) is 121 cm³/mol. The van der Waals surface area contributed by atoms with E-state index in [4.69, 9.17) is 9.47 Å². The maximum atomic E-state index is 13.1. The van der Waals surface area contributed by atoms with E-state index in [2.05, 4.69) is 20.8 Å². The van der Waals surface area contributed by atoms with Crippen LogP contribution in [0.5, 0.6) is 0 Å². The molecule has 11 nitrogen and oxygen atoms in total. The molecule has 3 heterocycles. The number of hydrogen-bond donors (Lipinski definition) is 1. The number of aromatic nitrogens is 4. The molecule has 4 rings (SSSR count). The van der Waals surface area contributed by atoms with Gasteiger partial charge in [-0.2, -0.15) is 4.31 Å². The molecule has 2 atom stereocenters. The fourth-order valence-electron chi connectivity index (χ4n) is 3.71. The average Bonchev–Trinajstić information content (AvgIpc) is 3.48. The van der Waals surface area contributed by atoms with Gasteiger partial charge in [0.15, 0.2) is 0 Å². The molecular weight excluding hydrogens is 468 g/mol. The summed E-state index contributed by atoms with van der Waals surface area (Å²) in [5, 5.41) is 14.6. The number of tetrazole rings is 1. The Bertz CT molecular complexity index is 1080. The van der Waals surface area contributed by atoms with Gasteiger partial charge in [0.25, 0.3) is 0 Å². The van der Waals surface area contributed by atoms with Crippen LogP contribution in [-0.2, 0) is 30.8 Å². The van der Waals surface area contributed by atoms with Gasteiger partial charge in [-0.25, -0.2) is 13.1 Å². The number of nitrogens with one attached hydrogen (secondary N) is 1. The topological polar surface area (TPSA) is 129 Å². The first-order chi connectivity index (χ1) is 15.8. The highest BCUT2D eigenvalue weighted by molar-refractivity contribution is 8.00. The molecule has 1 N–H and O–H groups in total. The third-order valence-corrected chi connectivity index (χ3v) is 8.71. The Balaban J connectivity index is 1.42. The summed E-state index contributed by atoms with van der Waals surface area (Å²) in [4.78, 5) is 13.0. The zero-order chi connectivity index (χ0) is 23.4. The Morgan fingerprint density at radius 3 is 2.82 bits per heavy atom. The second kappa shape index (κ2) is 10.5. The van der Waals surface area contributed by atoms with Gasteiger partial charge in [-0.15, -0.1) is 5.10 Å². The van der Waals surface area contributed by atoms with Gasteiger partial charge in [0, 0.05) is 25.4 Å². The molecule has 0 unspecified atom stereocenters. The fraction of sp³-hybridized carbons (Fsp3) is 0.600. The second-order valence-electron chi connectivity index (χ2n) is 8.02. The van der Waals surface area contributed by atoms with Gasteiger partial charge < -0.3 is 14.8 Å². The van der Waals surface area contributed by atoms with Crippen molar-refractivity contribution < 1.29 is 22.7 Å². The van der Waals surface area contributed by atoms with Crippen LogP contribution in [0.1, 0.15) is 25.3 Å². The van der Waals surface area contributed by atoms with E-state index in [0.717, 1.165) is 19.4 Å². The number of amides is 1. The van der Waals surface area contributed by atoms with Crippen molar-refractivity contribution in [2.75, 3.05) is 38.2 Å². The third-order valence-electron chi connectivity index (χ3n) is 5.59. The zero-order valence-electron chi connectivity index (χ0n) is 18.6. The number of nitrogens with zero attached hydrogens (tertiary/aromatic N) is 5. The molecule has 13 heteroatoms. The SMILES string of the molecule is Cc1ccc(NC(=O)[C@H](C)Sc2nnnn2C[C@@H]2CCCO2)cc1S(=O)(=O)N1CCOCC1. The first-order valence-corrected chi connectivity index (χ1v) is 13.2. The van der Waals surface area contributed by atoms with Crippen molar-refractivity contribution in [2.45, 2.75) is 54.6 Å². The average molecular weight is 497 g/mol. The summed E-state index contributed by atoms with van der Waals surface area (Å²) >= 11 is 1.24. The second-order valence-corrected chi connectivity index (χ2v) is 11.2. The van der Waals surface area contributed by atoms with Crippen LogP contribution >= 0.6 is 11.8 Å². The molecule has 0 aliphatic carbocycles. The van der Waals surface area contributed by atoms with Crippen LogP contribution in [0.4, 0.5) is 5.69 Å². The molecule has 1 amide bonds. The van der Waals surface area contributed by atoms with Crippen LogP contribution in [0, 0.1) is 6.92 Å². The third kappa shape index (κ3) is 5.72. The number of thioether (sulfide) groups is 1. The number of ether oxygens (including phenoxy) is 2. The maximum Gasteiger partial charge on any atom is 0.243 e. The van der Waals surface area contributed by atoms with Crippen LogP contribution in [-0.4, -0.2) is 83.1 Å². The lowest BCUT2D eigenvalue weighted by Crippen LogP contribution is -2.40. The highest BCUT2D eigenvalue weighted by Crippen LogP contribution is 2.26. The Labute approximate surface area is 197 Å².